The Hall–Kier alpha value is -9.64. The van der Waals surface area contributed by atoms with Crippen molar-refractivity contribution in [2.75, 3.05) is 50.0 Å². The van der Waals surface area contributed by atoms with Crippen LogP contribution in [0.25, 0.3) is 17.2 Å². The number of ether oxygens (including phenoxy) is 8. The minimum atomic E-state index is -1.63. The van der Waals surface area contributed by atoms with Crippen LogP contribution in [0, 0.1) is 5.92 Å². The first-order valence-corrected chi connectivity index (χ1v) is 30.4. The molecule has 0 unspecified atom stereocenters. The van der Waals surface area contributed by atoms with Crippen LogP contribution in [0.2, 0.25) is 0 Å². The molecule has 3 aliphatic rings. The number of hydrogen-bond acceptors (Lipinski definition) is 17. The molecule has 4 aromatic carbocycles. The van der Waals surface area contributed by atoms with Crippen molar-refractivity contribution in [3.63, 3.8) is 0 Å². The molecular formula is C68H79N6O17+. The summed E-state index contributed by atoms with van der Waals surface area (Å²) in [6.07, 6.45) is 2.21. The highest BCUT2D eigenvalue weighted by Gasteiger charge is 2.53. The van der Waals surface area contributed by atoms with Crippen LogP contribution in [-0.2, 0) is 68.5 Å². The van der Waals surface area contributed by atoms with Gasteiger partial charge in [0.15, 0.2) is 31.1 Å². The summed E-state index contributed by atoms with van der Waals surface area (Å²) in [5.41, 5.74) is 6.04. The van der Waals surface area contributed by atoms with Crippen LogP contribution in [0.4, 0.5) is 21.0 Å². The summed E-state index contributed by atoms with van der Waals surface area (Å²) in [4.78, 5) is 117. The van der Waals surface area contributed by atoms with E-state index in [1.165, 1.54) is 12.1 Å². The van der Waals surface area contributed by atoms with Gasteiger partial charge in [0.2, 0.25) is 24.2 Å². The molecule has 5 atom stereocenters. The Morgan fingerprint density at radius 2 is 1.35 bits per heavy atom. The monoisotopic (exact) mass is 1250 g/mol. The van der Waals surface area contributed by atoms with E-state index in [0.29, 0.717) is 47.9 Å². The smallest absolute Gasteiger partial charge is 0.412 e. The fourth-order valence-corrected chi connectivity index (χ4v) is 11.1. The number of amides is 5. The van der Waals surface area contributed by atoms with Crippen LogP contribution < -0.4 is 30.6 Å². The normalized spacial score (nSPS) is 17.9. The molecule has 91 heavy (non-hydrogen) atoms. The van der Waals surface area contributed by atoms with E-state index >= 15 is 0 Å². The highest BCUT2D eigenvalue weighted by atomic mass is 16.7. The second-order valence-corrected chi connectivity index (χ2v) is 23.4. The number of piperidine rings is 1. The summed E-state index contributed by atoms with van der Waals surface area (Å²) in [6, 6.07) is 31.3. The Labute approximate surface area is 528 Å². The first kappa shape index (κ1) is 67.3. The Morgan fingerprint density at radius 3 is 2.03 bits per heavy atom. The number of nitrogens with one attached hydrogen (secondary N) is 4. The lowest BCUT2D eigenvalue weighted by atomic mass is 9.91. The van der Waals surface area contributed by atoms with Gasteiger partial charge in [-0.25, -0.2) is 14.2 Å². The van der Waals surface area contributed by atoms with Crippen molar-refractivity contribution in [3.05, 3.63) is 149 Å². The predicted octanol–water partition coefficient (Wildman–Crippen LogP) is 8.55. The lowest BCUT2D eigenvalue weighted by Crippen LogP contribution is -2.63. The van der Waals surface area contributed by atoms with E-state index in [2.05, 4.69) is 21.3 Å². The van der Waals surface area contributed by atoms with Gasteiger partial charge in [0, 0.05) is 101 Å². The minimum absolute atomic E-state index is 0.0133. The van der Waals surface area contributed by atoms with Crippen molar-refractivity contribution in [3.8, 4) is 16.9 Å². The van der Waals surface area contributed by atoms with Gasteiger partial charge in [0.25, 0.3) is 5.91 Å². The SMILES string of the molecule is CC(=O)OC[C@H]1O[C@H](Oc2ccc(C[n+]3cccc(/C=C/C(=O)NCCCCC4CCN(C(=O)c5cccc(NC(=O)OC(C)(C)C)c5)CC4)c3)cc2NC(=O)CCNC(=O)OCC2c3ccccc3-c3ccccc32)[C@@H](OC(C)=O)[C@@H](OC(C)=O)[C@@H]1OC(C)=O. The number of carbonyl (C=O) groups excluding carboxylic acids is 9. The number of carbonyl (C=O) groups is 9. The van der Waals surface area contributed by atoms with E-state index in [0.717, 1.165) is 82.1 Å². The van der Waals surface area contributed by atoms with Crippen LogP contribution in [0.1, 0.15) is 126 Å². The van der Waals surface area contributed by atoms with Gasteiger partial charge in [-0.15, -0.1) is 0 Å². The number of benzene rings is 4. The Balaban J connectivity index is 0.879. The molecule has 482 valence electrons. The predicted molar refractivity (Wildman–Crippen MR) is 332 cm³/mol. The molecule has 2 fully saturated rings. The number of esters is 4. The number of pyridine rings is 1. The number of unbranched alkanes of at least 4 members (excludes halogenated alkanes) is 1. The summed E-state index contributed by atoms with van der Waals surface area (Å²) < 4.78 is 47.5. The lowest BCUT2D eigenvalue weighted by molar-refractivity contribution is -0.688. The van der Waals surface area contributed by atoms with E-state index in [-0.39, 0.29) is 55.3 Å². The van der Waals surface area contributed by atoms with E-state index in [4.69, 9.17) is 37.9 Å². The van der Waals surface area contributed by atoms with Crippen molar-refractivity contribution >= 4 is 71.2 Å². The fraction of sp³-hybridized carbons (Fsp3) is 0.412. The molecule has 4 N–H and O–H groups in total. The maximum Gasteiger partial charge on any atom is 0.412 e. The van der Waals surface area contributed by atoms with Crippen LogP contribution in [0.5, 0.6) is 5.75 Å². The summed E-state index contributed by atoms with van der Waals surface area (Å²) in [6.45, 7) is 11.3. The first-order valence-electron chi connectivity index (χ1n) is 30.4. The molecule has 0 radical (unpaired) electrons. The van der Waals surface area contributed by atoms with Crippen LogP contribution >= 0.6 is 0 Å². The van der Waals surface area contributed by atoms with Crippen LogP contribution in [0.3, 0.4) is 0 Å². The quantitative estimate of drug-likeness (QED) is 0.0148. The van der Waals surface area contributed by atoms with Gasteiger partial charge in [-0.3, -0.25) is 38.9 Å². The first-order chi connectivity index (χ1) is 43.5. The van der Waals surface area contributed by atoms with Crippen molar-refractivity contribution < 1.29 is 85.6 Å². The fourth-order valence-electron chi connectivity index (χ4n) is 11.1. The Kier molecular flexibility index (Phi) is 23.4. The number of aromatic nitrogens is 1. The lowest BCUT2D eigenvalue weighted by Gasteiger charge is -2.44. The third-order valence-electron chi connectivity index (χ3n) is 15.1. The highest BCUT2D eigenvalue weighted by Crippen LogP contribution is 2.44. The number of hydrogen-bond donors (Lipinski definition) is 4. The number of anilines is 2. The summed E-state index contributed by atoms with van der Waals surface area (Å²) in [7, 11) is 0. The van der Waals surface area contributed by atoms with Gasteiger partial charge in [-0.1, -0.05) is 67.4 Å². The minimum Gasteiger partial charge on any atom is -0.463 e. The Morgan fingerprint density at radius 1 is 0.670 bits per heavy atom. The molecule has 0 spiro atoms. The molecule has 5 amide bonds. The molecule has 5 aromatic rings. The maximum atomic E-state index is 13.9. The standard InChI is InChI=1S/C68H78N6O17/c1-42(75)84-41-58-61(86-43(2)76)62(87-44(3)77)63(88-45(4)78)65(90-58)89-57-26-24-48(36-56(57)72-60(80)28-32-70-66(82)85-40-55-53-22-10-8-20-51(53)52-21-9-11-23-54(52)55)39-73-33-15-17-47(38-73)25-27-59(79)69-31-13-12-16-46-29-34-74(35-30-46)64(81)49-18-14-19-50(37-49)71-67(83)91-68(5,6)7/h8-11,14-15,17-27,33,36-38,46,55,58,61-63,65H,12-13,16,28-32,34-35,39-41H2,1-7H3,(H3-,69,70,71,72,79,80,82,83)/p+1/b27-25+/t58-,61-,62+,63+,65+/m1/s1. The molecule has 8 rings (SSSR count). The second kappa shape index (κ2) is 31.7. The molecule has 23 nitrogen and oxygen atoms in total. The number of likely N-dealkylation sites (tertiary alicyclic amines) is 1. The van der Waals surface area contributed by atoms with Gasteiger partial charge in [-0.2, -0.15) is 0 Å². The van der Waals surface area contributed by atoms with Gasteiger partial charge in [0.1, 0.15) is 30.7 Å². The number of fused-ring (bicyclic) bond motifs is 3. The average Bonchev–Trinajstić information content (AvgIpc) is 1.74. The molecule has 2 aliphatic heterocycles. The van der Waals surface area contributed by atoms with E-state index in [1.807, 2.05) is 82.5 Å². The van der Waals surface area contributed by atoms with Gasteiger partial charge in [-0.05, 0) is 117 Å². The molecular weight excluding hydrogens is 1170 g/mol. The zero-order valence-electron chi connectivity index (χ0n) is 52.2. The molecule has 2 saturated heterocycles. The van der Waals surface area contributed by atoms with E-state index in [1.54, 1.807) is 63.2 Å². The molecule has 23 heteroatoms. The average molecular weight is 1250 g/mol. The van der Waals surface area contributed by atoms with Crippen molar-refractivity contribution in [1.29, 1.82) is 0 Å². The summed E-state index contributed by atoms with van der Waals surface area (Å²) in [5, 5.41) is 11.2. The number of nitrogens with zero attached hydrogens (tertiary/aromatic N) is 2. The zero-order chi connectivity index (χ0) is 65.2. The zero-order valence-corrected chi connectivity index (χ0v) is 52.2. The van der Waals surface area contributed by atoms with Crippen molar-refractivity contribution in [2.24, 2.45) is 5.92 Å². The molecule has 1 aliphatic carbocycles. The van der Waals surface area contributed by atoms with E-state index in [9.17, 15) is 43.2 Å². The highest BCUT2D eigenvalue weighted by molar-refractivity contribution is 5.96. The van der Waals surface area contributed by atoms with Gasteiger partial charge < -0.3 is 58.7 Å². The number of alkyl carbamates (subject to hydrolysis) is 1. The number of rotatable bonds is 24. The second-order valence-electron chi connectivity index (χ2n) is 23.4. The molecule has 0 saturated carbocycles. The van der Waals surface area contributed by atoms with Crippen molar-refractivity contribution in [2.45, 2.75) is 136 Å². The third-order valence-corrected chi connectivity index (χ3v) is 15.1. The maximum absolute atomic E-state index is 13.9. The van der Waals surface area contributed by atoms with E-state index < -0.39 is 84.9 Å². The molecule has 0 bridgehead atoms. The Bertz CT molecular complexity index is 3440. The van der Waals surface area contributed by atoms with Crippen molar-refractivity contribution in [1.82, 2.24) is 15.5 Å². The van der Waals surface area contributed by atoms with Gasteiger partial charge in [0.05, 0.1) is 5.69 Å². The third kappa shape index (κ3) is 19.9. The van der Waals surface area contributed by atoms with Crippen LogP contribution in [0.15, 0.2) is 122 Å². The molecule has 1 aromatic heterocycles. The van der Waals surface area contributed by atoms with Gasteiger partial charge >= 0.3 is 36.1 Å². The van der Waals surface area contributed by atoms with Crippen LogP contribution in [-0.4, -0.2) is 134 Å². The topological polar surface area (TPSA) is 283 Å². The molecule has 3 heterocycles. The largest absolute Gasteiger partial charge is 0.463 e. The summed E-state index contributed by atoms with van der Waals surface area (Å²) >= 11 is 0. The summed E-state index contributed by atoms with van der Waals surface area (Å²) in [5.74, 6) is -3.81.